The second kappa shape index (κ2) is 40.0. The van der Waals surface area contributed by atoms with Crippen molar-refractivity contribution in [1.82, 2.24) is 0 Å². The van der Waals surface area contributed by atoms with Crippen molar-refractivity contribution in [3.05, 3.63) is 73.1 Å². The number of rotatable bonds is 38. The molecule has 0 aliphatic carbocycles. The molecule has 0 aromatic carbocycles. The van der Waals surface area contributed by atoms with Gasteiger partial charge in [0.05, 0.1) is 19.5 Å². The maximum absolute atomic E-state index is 12.4. The summed E-state index contributed by atoms with van der Waals surface area (Å²) in [6.45, 7) is 4.04. The van der Waals surface area contributed by atoms with Gasteiger partial charge >= 0.3 is 13.8 Å². The topological polar surface area (TPSA) is 117 Å². The largest absolute Gasteiger partial charge is 0.492 e. The third kappa shape index (κ3) is 39.0. The van der Waals surface area contributed by atoms with Gasteiger partial charge < -0.3 is 20.1 Å². The molecule has 0 saturated heterocycles. The molecule has 0 aromatic rings. The lowest BCUT2D eigenvalue weighted by Gasteiger charge is -2.19. The average molecular weight is 750 g/mol. The first-order chi connectivity index (χ1) is 25.4. The summed E-state index contributed by atoms with van der Waals surface area (Å²) in [7, 11) is -4.28. The second-order valence-corrected chi connectivity index (χ2v) is 14.6. The number of ether oxygens (including phenoxy) is 2. The zero-order valence-corrected chi connectivity index (χ0v) is 33.9. The molecule has 3 N–H and O–H groups in total. The summed E-state index contributed by atoms with van der Waals surface area (Å²) in [5.41, 5.74) is 5.36. The van der Waals surface area contributed by atoms with E-state index in [1.54, 1.807) is 6.26 Å². The summed E-state index contributed by atoms with van der Waals surface area (Å²) in [5.74, 6) is -0.319. The van der Waals surface area contributed by atoms with Crippen LogP contribution in [0.5, 0.6) is 0 Å². The van der Waals surface area contributed by atoms with E-state index in [4.69, 9.17) is 24.3 Å². The van der Waals surface area contributed by atoms with Gasteiger partial charge in [-0.15, -0.1) is 0 Å². The van der Waals surface area contributed by atoms with Crippen molar-refractivity contribution in [3.8, 4) is 0 Å². The summed E-state index contributed by atoms with van der Waals surface area (Å²) in [6.07, 6.45) is 50.1. The van der Waals surface area contributed by atoms with Gasteiger partial charge in [0.2, 0.25) is 0 Å². The van der Waals surface area contributed by atoms with Crippen LogP contribution in [0, 0.1) is 0 Å². The second-order valence-electron chi connectivity index (χ2n) is 13.2. The fourth-order valence-corrected chi connectivity index (χ4v) is 5.91. The van der Waals surface area contributed by atoms with Gasteiger partial charge in [-0.2, -0.15) is 0 Å². The van der Waals surface area contributed by atoms with Crippen molar-refractivity contribution in [1.29, 1.82) is 0 Å². The molecule has 0 amide bonds. The molecule has 0 spiro atoms. The Morgan fingerprint density at radius 3 is 1.65 bits per heavy atom. The molecule has 300 valence electrons. The van der Waals surface area contributed by atoms with Gasteiger partial charge in [0, 0.05) is 13.0 Å². The van der Waals surface area contributed by atoms with Crippen LogP contribution in [0.2, 0.25) is 0 Å². The first-order valence-corrected chi connectivity index (χ1v) is 22.0. The predicted molar refractivity (Wildman–Crippen MR) is 219 cm³/mol. The fourth-order valence-electron chi connectivity index (χ4n) is 5.14. The Hall–Kier alpha value is -2.22. The van der Waals surface area contributed by atoms with Gasteiger partial charge in [-0.25, -0.2) is 4.57 Å². The number of carbonyl (C=O) groups is 1. The quantitative estimate of drug-likeness (QED) is 0.0211. The third-order valence-corrected chi connectivity index (χ3v) is 9.18. The van der Waals surface area contributed by atoms with Crippen molar-refractivity contribution in [2.24, 2.45) is 5.73 Å². The van der Waals surface area contributed by atoms with Crippen LogP contribution >= 0.6 is 7.82 Å². The van der Waals surface area contributed by atoms with E-state index in [2.05, 4.69) is 74.6 Å². The molecule has 2 unspecified atom stereocenters. The maximum atomic E-state index is 12.4. The maximum Gasteiger partial charge on any atom is 0.472 e. The van der Waals surface area contributed by atoms with Gasteiger partial charge in [-0.05, 0) is 89.5 Å². The molecule has 0 rings (SSSR count). The Morgan fingerprint density at radius 2 is 1.10 bits per heavy atom. The van der Waals surface area contributed by atoms with Gasteiger partial charge in [-0.3, -0.25) is 13.8 Å². The van der Waals surface area contributed by atoms with E-state index in [0.29, 0.717) is 6.42 Å². The summed E-state index contributed by atoms with van der Waals surface area (Å²) in [5, 5.41) is 0. The number of hydrogen-bond acceptors (Lipinski definition) is 7. The first kappa shape index (κ1) is 49.8. The van der Waals surface area contributed by atoms with Crippen LogP contribution in [0.3, 0.4) is 0 Å². The Kier molecular flexibility index (Phi) is 38.3. The first-order valence-electron chi connectivity index (χ1n) is 20.5. The number of unbranched alkanes of at least 4 members (excludes halogenated alkanes) is 15. The van der Waals surface area contributed by atoms with E-state index >= 15 is 0 Å². The smallest absolute Gasteiger partial charge is 0.472 e. The standard InChI is InChI=1S/C43H76NO7P/c1-3-5-7-9-11-13-15-17-19-21-22-24-26-28-30-32-34-36-43(45)49-40-42(41-51-52(46,47)50-39-37-44)48-38-35-33-31-29-27-25-23-20-18-16-14-12-10-8-6-4-2/h5,7,11,13,17-20,22,24,35,38,42H,3-4,6,8-10,12,14-16,21,23,25-34,36-37,39-41,44H2,1-2H3,(H,46,47). The highest BCUT2D eigenvalue weighted by molar-refractivity contribution is 7.47. The monoisotopic (exact) mass is 750 g/mol. The van der Waals surface area contributed by atoms with Crippen molar-refractivity contribution < 1.29 is 32.8 Å². The van der Waals surface area contributed by atoms with Gasteiger partial charge in [0.1, 0.15) is 6.61 Å². The van der Waals surface area contributed by atoms with E-state index in [-0.39, 0.29) is 32.3 Å². The molecular weight excluding hydrogens is 673 g/mol. The van der Waals surface area contributed by atoms with Crippen LogP contribution in [0.1, 0.15) is 162 Å². The van der Waals surface area contributed by atoms with E-state index in [1.165, 1.54) is 57.8 Å². The number of esters is 1. The van der Waals surface area contributed by atoms with Gasteiger partial charge in [0.25, 0.3) is 0 Å². The molecule has 2 atom stereocenters. The van der Waals surface area contributed by atoms with E-state index in [1.807, 2.05) is 6.08 Å². The van der Waals surface area contributed by atoms with Crippen LogP contribution in [-0.2, 0) is 27.9 Å². The van der Waals surface area contributed by atoms with Crippen molar-refractivity contribution >= 4 is 13.8 Å². The van der Waals surface area contributed by atoms with Crippen molar-refractivity contribution in [2.75, 3.05) is 26.4 Å². The van der Waals surface area contributed by atoms with Crippen LogP contribution in [0.4, 0.5) is 0 Å². The molecular formula is C43H76NO7P. The zero-order valence-electron chi connectivity index (χ0n) is 33.0. The number of allylic oxidation sites excluding steroid dienone is 11. The zero-order chi connectivity index (χ0) is 38.1. The lowest BCUT2D eigenvalue weighted by Crippen LogP contribution is -2.25. The van der Waals surface area contributed by atoms with E-state index in [0.717, 1.165) is 83.5 Å². The van der Waals surface area contributed by atoms with Crippen LogP contribution in [0.15, 0.2) is 73.1 Å². The molecule has 0 fully saturated rings. The lowest BCUT2D eigenvalue weighted by atomic mass is 10.1. The summed E-state index contributed by atoms with van der Waals surface area (Å²) >= 11 is 0. The molecule has 0 heterocycles. The summed E-state index contributed by atoms with van der Waals surface area (Å²) < 4.78 is 33.1. The SMILES string of the molecule is CCC=CCC=CCC=CCC=CCCCCCCC(=O)OCC(COP(=O)(O)OCCN)OC=CCCCCCCC=CCCCCCCCC. The third-order valence-electron chi connectivity index (χ3n) is 8.20. The Labute approximate surface area is 318 Å². The number of phosphoric ester groups is 1. The lowest BCUT2D eigenvalue weighted by molar-refractivity contribution is -0.147. The van der Waals surface area contributed by atoms with Crippen LogP contribution in [-0.4, -0.2) is 43.3 Å². The van der Waals surface area contributed by atoms with Crippen LogP contribution in [0.25, 0.3) is 0 Å². The summed E-state index contributed by atoms with van der Waals surface area (Å²) in [6, 6.07) is 0. The van der Waals surface area contributed by atoms with E-state index < -0.39 is 13.9 Å². The minimum absolute atomic E-state index is 0.0851. The van der Waals surface area contributed by atoms with E-state index in [9.17, 15) is 14.3 Å². The highest BCUT2D eigenvalue weighted by atomic mass is 31.2. The Morgan fingerprint density at radius 1 is 0.615 bits per heavy atom. The van der Waals surface area contributed by atoms with Crippen LogP contribution < -0.4 is 5.73 Å². The average Bonchev–Trinajstić information content (AvgIpc) is 3.14. The highest BCUT2D eigenvalue weighted by Gasteiger charge is 2.24. The fraction of sp³-hybridized carbons (Fsp3) is 0.698. The minimum atomic E-state index is -4.28. The van der Waals surface area contributed by atoms with Crippen molar-refractivity contribution in [2.45, 2.75) is 168 Å². The Bertz CT molecular complexity index is 1020. The molecule has 0 aliphatic heterocycles. The molecule has 0 saturated carbocycles. The number of phosphoric acid groups is 1. The molecule has 9 heteroatoms. The molecule has 0 radical (unpaired) electrons. The highest BCUT2D eigenvalue weighted by Crippen LogP contribution is 2.43. The molecule has 0 bridgehead atoms. The molecule has 8 nitrogen and oxygen atoms in total. The summed E-state index contributed by atoms with van der Waals surface area (Å²) in [4.78, 5) is 22.2. The molecule has 0 aliphatic rings. The van der Waals surface area contributed by atoms with Gasteiger partial charge in [-0.1, -0.05) is 132 Å². The predicted octanol–water partition coefficient (Wildman–Crippen LogP) is 12.3. The number of carbonyl (C=O) groups excluding carboxylic acids is 1. The van der Waals surface area contributed by atoms with Crippen molar-refractivity contribution in [3.63, 3.8) is 0 Å². The molecule has 0 aromatic heterocycles. The number of nitrogens with two attached hydrogens (primary N) is 1. The number of hydrogen-bond donors (Lipinski definition) is 2. The molecule has 52 heavy (non-hydrogen) atoms. The Balaban J connectivity index is 4.19. The van der Waals surface area contributed by atoms with Gasteiger partial charge in [0.15, 0.2) is 6.10 Å². The normalized spacial score (nSPS) is 14.2. The minimum Gasteiger partial charge on any atom is -0.492 e.